The highest BCUT2D eigenvalue weighted by Crippen LogP contribution is 2.45. The maximum atomic E-state index is 15.0. The summed E-state index contributed by atoms with van der Waals surface area (Å²) in [6, 6.07) is -1.40. The third-order valence-corrected chi connectivity index (χ3v) is 6.63. The zero-order valence-electron chi connectivity index (χ0n) is 12.6. The maximum absolute atomic E-state index is 15.0. The van der Waals surface area contributed by atoms with Crippen LogP contribution in [-0.2, 0) is 19.7 Å². The number of halogens is 3. The summed E-state index contributed by atoms with van der Waals surface area (Å²) >= 11 is 0. The summed E-state index contributed by atoms with van der Waals surface area (Å²) in [5.41, 5.74) is 0. The van der Waals surface area contributed by atoms with E-state index >= 15 is 4.39 Å². The van der Waals surface area contributed by atoms with Crippen molar-refractivity contribution in [1.29, 1.82) is 0 Å². The molecule has 0 aromatic carbocycles. The molecule has 0 aromatic rings. The smallest absolute Gasteiger partial charge is 0.345 e. The average Bonchev–Trinajstić information content (AvgIpc) is 2.72. The van der Waals surface area contributed by atoms with Crippen LogP contribution in [0.4, 0.5) is 13.2 Å². The predicted molar refractivity (Wildman–Crippen MR) is 74.8 cm³/mol. The molecule has 7 nitrogen and oxygen atoms in total. The molecule has 2 aliphatic carbocycles. The molecule has 24 heavy (non-hydrogen) atoms. The van der Waals surface area contributed by atoms with Gasteiger partial charge in [-0.3, -0.25) is 4.79 Å². The normalized spacial score (nSPS) is 42.8. The van der Waals surface area contributed by atoms with Gasteiger partial charge in [-0.1, -0.05) is 0 Å². The molecular weight excluding hydrogens is 353 g/mol. The van der Waals surface area contributed by atoms with Gasteiger partial charge in [0.1, 0.15) is 6.17 Å². The van der Waals surface area contributed by atoms with E-state index in [9.17, 15) is 27.1 Å². The molecule has 2 N–H and O–H groups in total. The lowest BCUT2D eigenvalue weighted by Gasteiger charge is -2.47. The topological polar surface area (TPSA) is 95.9 Å². The van der Waals surface area contributed by atoms with Gasteiger partial charge in [0.25, 0.3) is 0 Å². The predicted octanol–water partition coefficient (Wildman–Crippen LogP) is 0.158. The van der Waals surface area contributed by atoms with Crippen LogP contribution in [0.25, 0.3) is 0 Å². The molecule has 0 spiro atoms. The number of nitrogens with one attached hydrogen (secondary N) is 1. The number of hydrogen-bond acceptors (Lipinski definition) is 5. The molecule has 3 rings (SSSR count). The van der Waals surface area contributed by atoms with Crippen LogP contribution in [-0.4, -0.2) is 61.3 Å². The Labute approximate surface area is 137 Å². The fraction of sp³-hybridized carbons (Fsp3) is 0.923. The Morgan fingerprint density at radius 2 is 2.00 bits per heavy atom. The van der Waals surface area contributed by atoms with Crippen molar-refractivity contribution in [1.82, 2.24) is 9.03 Å². The van der Waals surface area contributed by atoms with E-state index in [0.717, 1.165) is 0 Å². The number of alkyl halides is 3. The lowest BCUT2D eigenvalue weighted by Crippen LogP contribution is -2.59. The summed E-state index contributed by atoms with van der Waals surface area (Å²) in [7, 11) is -4.19. The van der Waals surface area contributed by atoms with Crippen molar-refractivity contribution in [3.8, 4) is 0 Å². The van der Waals surface area contributed by atoms with Gasteiger partial charge in [0, 0.05) is 0 Å². The van der Waals surface area contributed by atoms with E-state index in [1.807, 2.05) is 0 Å². The van der Waals surface area contributed by atoms with Gasteiger partial charge in [-0.2, -0.15) is 21.5 Å². The number of amides is 1. The molecular formula is C13H19F3N2O5S. The minimum atomic E-state index is -4.19. The summed E-state index contributed by atoms with van der Waals surface area (Å²) in [5.74, 6) is -1.71. The molecule has 0 radical (unpaired) electrons. The number of fused-ring (bicyclic) bond motifs is 1. The number of hydrogen-bond donors (Lipinski definition) is 2. The molecule has 1 aliphatic heterocycles. The van der Waals surface area contributed by atoms with Crippen molar-refractivity contribution >= 4 is 16.1 Å². The van der Waals surface area contributed by atoms with Gasteiger partial charge in [-0.25, -0.2) is 9.11 Å². The summed E-state index contributed by atoms with van der Waals surface area (Å²) in [4.78, 5) is 11.3. The first-order valence-corrected chi connectivity index (χ1v) is 9.21. The van der Waals surface area contributed by atoms with Crippen molar-refractivity contribution in [2.45, 2.75) is 56.7 Å². The average molecular weight is 372 g/mol. The van der Waals surface area contributed by atoms with Gasteiger partial charge in [0.2, 0.25) is 5.91 Å². The molecule has 0 aromatic heterocycles. The molecule has 11 heteroatoms. The Morgan fingerprint density at radius 3 is 2.58 bits per heavy atom. The maximum Gasteiger partial charge on any atom is 0.345 e. The summed E-state index contributed by atoms with van der Waals surface area (Å²) in [6.07, 6.45) is -2.84. The van der Waals surface area contributed by atoms with Crippen LogP contribution in [0.1, 0.15) is 25.7 Å². The minimum Gasteiger partial charge on any atom is -0.391 e. The molecule has 0 bridgehead atoms. The number of carbonyl (C=O) groups is 1. The van der Waals surface area contributed by atoms with Gasteiger partial charge in [-0.15, -0.1) is 0 Å². The largest absolute Gasteiger partial charge is 0.391 e. The Bertz CT molecular complexity index is 604. The molecule has 3 aliphatic rings. The molecule has 3 fully saturated rings. The molecule has 6 atom stereocenters. The van der Waals surface area contributed by atoms with Gasteiger partial charge in [0.15, 0.2) is 0 Å². The van der Waals surface area contributed by atoms with Crippen LogP contribution in [0.2, 0.25) is 0 Å². The van der Waals surface area contributed by atoms with E-state index in [0.29, 0.717) is 17.1 Å². The van der Waals surface area contributed by atoms with Crippen LogP contribution in [0.15, 0.2) is 0 Å². The zero-order valence-corrected chi connectivity index (χ0v) is 13.5. The molecule has 1 heterocycles. The molecule has 1 saturated heterocycles. The summed E-state index contributed by atoms with van der Waals surface area (Å²) in [6.45, 7) is -3.51. The number of nitrogens with zero attached hydrogens (tertiary/aromatic N) is 1. The first kappa shape index (κ1) is 17.9. The Balaban J connectivity index is 1.79. The Hall–Kier alpha value is -0.910. The minimum absolute atomic E-state index is 0.0364. The van der Waals surface area contributed by atoms with Crippen molar-refractivity contribution < 1.29 is 36.2 Å². The van der Waals surface area contributed by atoms with Crippen molar-refractivity contribution in [2.75, 3.05) is 6.54 Å². The summed E-state index contributed by atoms with van der Waals surface area (Å²) in [5, 5.41) is 10.2. The van der Waals surface area contributed by atoms with Crippen LogP contribution in [0.5, 0.6) is 0 Å². The van der Waals surface area contributed by atoms with Crippen molar-refractivity contribution in [3.63, 3.8) is 0 Å². The van der Waals surface area contributed by atoms with Crippen LogP contribution in [0, 0.1) is 11.8 Å². The second-order valence-corrected chi connectivity index (χ2v) is 8.19. The Kier molecular flexibility index (Phi) is 4.80. The van der Waals surface area contributed by atoms with Crippen LogP contribution in [0.3, 0.4) is 0 Å². The fourth-order valence-corrected chi connectivity index (χ4v) is 5.51. The third-order valence-electron chi connectivity index (χ3n) is 5.15. The standard InChI is InChI=1S/C13H19F3N2O5S/c14-11-8-4-7(23-13(15)16)2-1-6(8)3-9(19)12(11)18-5-10(20)17-24(18,21)22/h6-9,11-13,19H,1-5H2,(H,17,20). The van der Waals surface area contributed by atoms with Crippen molar-refractivity contribution in [2.24, 2.45) is 11.8 Å². The van der Waals surface area contributed by atoms with E-state index in [1.165, 1.54) is 0 Å². The number of rotatable bonds is 3. The second kappa shape index (κ2) is 6.43. The van der Waals surface area contributed by atoms with E-state index in [4.69, 9.17) is 0 Å². The van der Waals surface area contributed by atoms with Crippen LogP contribution < -0.4 is 4.72 Å². The lowest BCUT2D eigenvalue weighted by atomic mass is 9.66. The lowest BCUT2D eigenvalue weighted by molar-refractivity contribution is -0.186. The molecule has 138 valence electrons. The van der Waals surface area contributed by atoms with Gasteiger partial charge >= 0.3 is 16.8 Å². The van der Waals surface area contributed by atoms with Gasteiger partial charge < -0.3 is 9.84 Å². The van der Waals surface area contributed by atoms with E-state index in [2.05, 4.69) is 4.74 Å². The first-order valence-electron chi connectivity index (χ1n) is 7.77. The number of aliphatic hydroxyl groups excluding tert-OH is 1. The monoisotopic (exact) mass is 372 g/mol. The highest BCUT2D eigenvalue weighted by molar-refractivity contribution is 7.88. The van der Waals surface area contributed by atoms with Gasteiger partial charge in [-0.05, 0) is 37.5 Å². The highest BCUT2D eigenvalue weighted by Gasteiger charge is 2.53. The summed E-state index contributed by atoms with van der Waals surface area (Å²) < 4.78 is 70.5. The highest BCUT2D eigenvalue weighted by atomic mass is 32.2. The Morgan fingerprint density at radius 1 is 1.29 bits per heavy atom. The van der Waals surface area contributed by atoms with Crippen molar-refractivity contribution in [3.05, 3.63) is 0 Å². The van der Waals surface area contributed by atoms with E-state index in [-0.39, 0.29) is 18.8 Å². The van der Waals surface area contributed by atoms with Gasteiger partial charge in [0.05, 0.1) is 24.8 Å². The number of carbonyl (C=O) groups excluding carboxylic acids is 1. The SMILES string of the molecule is O=C1CN(C2C(O)CC3CCC(OC(F)F)CC3C2F)S(=O)(=O)N1. The third kappa shape index (κ3) is 3.26. The number of ether oxygens (including phenoxy) is 1. The number of aliphatic hydroxyl groups is 1. The van der Waals surface area contributed by atoms with E-state index < -0.39 is 59.6 Å². The zero-order chi connectivity index (χ0) is 17.6. The van der Waals surface area contributed by atoms with E-state index in [1.54, 1.807) is 4.72 Å². The molecule has 6 unspecified atom stereocenters. The molecule has 1 amide bonds. The first-order chi connectivity index (χ1) is 11.2. The quantitative estimate of drug-likeness (QED) is 0.736. The van der Waals surface area contributed by atoms with Crippen LogP contribution >= 0.6 is 0 Å². The molecule has 2 saturated carbocycles. The fourth-order valence-electron chi connectivity index (χ4n) is 4.17. The second-order valence-electron chi connectivity index (χ2n) is 6.57.